The first-order valence-electron chi connectivity index (χ1n) is 8.97. The van der Waals surface area contributed by atoms with E-state index in [1.54, 1.807) is 14.2 Å². The Labute approximate surface area is 175 Å². The highest BCUT2D eigenvalue weighted by Crippen LogP contribution is 2.11. The molecule has 0 heterocycles. The number of hydrogen-bond donors (Lipinski definition) is 2. The van der Waals surface area contributed by atoms with E-state index < -0.39 is 0 Å². The number of benzene rings is 1. The fourth-order valence-electron chi connectivity index (χ4n) is 2.10. The van der Waals surface area contributed by atoms with Crippen molar-refractivity contribution >= 4 is 29.9 Å². The molecule has 0 saturated heterocycles. The van der Waals surface area contributed by atoms with Crippen LogP contribution in [-0.4, -0.2) is 59.6 Å². The number of aryl methyl sites for hydroxylation is 1. The molecule has 0 aliphatic carbocycles. The molecule has 1 aromatic rings. The number of halogens is 1. The first-order chi connectivity index (χ1) is 12.3. The molecule has 0 fully saturated rings. The van der Waals surface area contributed by atoms with Gasteiger partial charge in [-0.1, -0.05) is 17.7 Å². The summed E-state index contributed by atoms with van der Waals surface area (Å²) in [7, 11) is 3.46. The fourth-order valence-corrected chi connectivity index (χ4v) is 2.10. The van der Waals surface area contributed by atoms with Crippen molar-refractivity contribution in [3.8, 4) is 5.75 Å². The Balaban J connectivity index is 0.00000625. The second kappa shape index (κ2) is 17.4. The van der Waals surface area contributed by atoms with Gasteiger partial charge in [0.1, 0.15) is 5.75 Å². The van der Waals surface area contributed by atoms with Gasteiger partial charge in [-0.25, -0.2) is 0 Å². The average molecular weight is 479 g/mol. The van der Waals surface area contributed by atoms with Crippen LogP contribution in [0.25, 0.3) is 0 Å². The summed E-state index contributed by atoms with van der Waals surface area (Å²) in [5, 5.41) is 6.59. The summed E-state index contributed by atoms with van der Waals surface area (Å²) in [6.07, 6.45) is 2.98. The summed E-state index contributed by atoms with van der Waals surface area (Å²) in [5.74, 6) is 1.76. The van der Waals surface area contributed by atoms with Crippen molar-refractivity contribution in [2.75, 3.05) is 53.7 Å². The lowest BCUT2D eigenvalue weighted by Gasteiger charge is -2.12. The molecule has 0 spiro atoms. The van der Waals surface area contributed by atoms with E-state index in [4.69, 9.17) is 14.2 Å². The van der Waals surface area contributed by atoms with Crippen LogP contribution in [0.15, 0.2) is 29.3 Å². The van der Waals surface area contributed by atoms with Crippen LogP contribution in [0.5, 0.6) is 5.75 Å². The van der Waals surface area contributed by atoms with E-state index in [2.05, 4.69) is 34.7 Å². The molecule has 150 valence electrons. The average Bonchev–Trinajstić information content (AvgIpc) is 2.63. The molecule has 0 aliphatic heterocycles. The summed E-state index contributed by atoms with van der Waals surface area (Å²) in [4.78, 5) is 4.21. The van der Waals surface area contributed by atoms with Crippen LogP contribution < -0.4 is 15.4 Å². The number of hydrogen-bond acceptors (Lipinski definition) is 4. The number of methoxy groups -OCH3 is 1. The van der Waals surface area contributed by atoms with Crippen molar-refractivity contribution in [2.24, 2.45) is 4.99 Å². The highest BCUT2D eigenvalue weighted by atomic mass is 127. The largest absolute Gasteiger partial charge is 0.494 e. The Kier molecular flexibility index (Phi) is 16.7. The van der Waals surface area contributed by atoms with Gasteiger partial charge in [-0.3, -0.25) is 4.99 Å². The zero-order valence-corrected chi connectivity index (χ0v) is 18.6. The van der Waals surface area contributed by atoms with Crippen molar-refractivity contribution in [3.05, 3.63) is 29.8 Å². The molecular formula is C19H34IN3O3. The molecule has 0 aromatic heterocycles. The monoisotopic (exact) mass is 479 g/mol. The maximum absolute atomic E-state index is 5.72. The lowest BCUT2D eigenvalue weighted by Crippen LogP contribution is -2.38. The van der Waals surface area contributed by atoms with Crippen LogP contribution in [0.4, 0.5) is 0 Å². The molecule has 26 heavy (non-hydrogen) atoms. The number of ether oxygens (including phenoxy) is 3. The summed E-state index contributed by atoms with van der Waals surface area (Å²) in [6.45, 7) is 6.53. The van der Waals surface area contributed by atoms with Crippen molar-refractivity contribution in [1.82, 2.24) is 10.6 Å². The van der Waals surface area contributed by atoms with Crippen LogP contribution >= 0.6 is 24.0 Å². The lowest BCUT2D eigenvalue weighted by atomic mass is 10.2. The van der Waals surface area contributed by atoms with Crippen LogP contribution in [0, 0.1) is 6.92 Å². The highest BCUT2D eigenvalue weighted by Gasteiger charge is 1.98. The zero-order valence-electron chi connectivity index (χ0n) is 16.3. The Morgan fingerprint density at radius 3 is 2.27 bits per heavy atom. The highest BCUT2D eigenvalue weighted by molar-refractivity contribution is 14.0. The van der Waals surface area contributed by atoms with E-state index in [1.165, 1.54) is 5.56 Å². The van der Waals surface area contributed by atoms with E-state index in [0.717, 1.165) is 57.3 Å². The lowest BCUT2D eigenvalue weighted by molar-refractivity contribution is 0.0698. The Bertz CT molecular complexity index is 470. The summed E-state index contributed by atoms with van der Waals surface area (Å²) in [5.41, 5.74) is 1.25. The number of nitrogens with zero attached hydrogens (tertiary/aromatic N) is 1. The summed E-state index contributed by atoms with van der Waals surface area (Å²) >= 11 is 0. The van der Waals surface area contributed by atoms with Gasteiger partial charge in [0, 0.05) is 33.9 Å². The second-order valence-corrected chi connectivity index (χ2v) is 5.75. The molecule has 2 N–H and O–H groups in total. The topological polar surface area (TPSA) is 64.1 Å². The maximum atomic E-state index is 5.72. The van der Waals surface area contributed by atoms with E-state index >= 15 is 0 Å². The third kappa shape index (κ3) is 13.2. The Hall–Kier alpha value is -1.06. The number of nitrogens with one attached hydrogen (secondary N) is 2. The molecule has 1 aromatic carbocycles. The minimum absolute atomic E-state index is 0. The predicted octanol–water partition coefficient (Wildman–Crippen LogP) is 2.99. The van der Waals surface area contributed by atoms with Crippen LogP contribution in [0.1, 0.15) is 24.8 Å². The molecule has 1 rings (SSSR count). The van der Waals surface area contributed by atoms with Gasteiger partial charge in [0.05, 0.1) is 19.8 Å². The smallest absolute Gasteiger partial charge is 0.190 e. The molecule has 0 atom stereocenters. The fraction of sp³-hybridized carbons (Fsp3) is 0.632. The van der Waals surface area contributed by atoms with Crippen LogP contribution in [0.3, 0.4) is 0 Å². The Morgan fingerprint density at radius 1 is 0.923 bits per heavy atom. The molecular weight excluding hydrogens is 445 g/mol. The summed E-state index contributed by atoms with van der Waals surface area (Å²) in [6, 6.07) is 8.15. The summed E-state index contributed by atoms with van der Waals surface area (Å²) < 4.78 is 16.1. The van der Waals surface area contributed by atoms with Gasteiger partial charge in [0.25, 0.3) is 0 Å². The molecule has 6 nitrogen and oxygen atoms in total. The van der Waals surface area contributed by atoms with Gasteiger partial charge in [-0.05, 0) is 38.3 Å². The van der Waals surface area contributed by atoms with E-state index in [0.29, 0.717) is 13.2 Å². The van der Waals surface area contributed by atoms with E-state index in [9.17, 15) is 0 Å². The van der Waals surface area contributed by atoms with Gasteiger partial charge < -0.3 is 24.8 Å². The standard InChI is InChI=1S/C19H33N3O3.HI/c1-17-7-9-18(10-8-17)25-14-5-4-11-21-19(20-2)22-12-6-13-24-16-15-23-3;/h7-10H,4-6,11-16H2,1-3H3,(H2,20,21,22);1H. The number of guanidine groups is 1. The molecule has 7 heteroatoms. The van der Waals surface area contributed by atoms with Crippen molar-refractivity contribution < 1.29 is 14.2 Å². The van der Waals surface area contributed by atoms with Crippen molar-refractivity contribution in [1.29, 1.82) is 0 Å². The van der Waals surface area contributed by atoms with Gasteiger partial charge in [-0.2, -0.15) is 0 Å². The van der Waals surface area contributed by atoms with Gasteiger partial charge in [-0.15, -0.1) is 24.0 Å². The number of aliphatic imine (C=N–C) groups is 1. The Morgan fingerprint density at radius 2 is 1.62 bits per heavy atom. The molecule has 0 aliphatic rings. The zero-order chi connectivity index (χ0) is 18.2. The van der Waals surface area contributed by atoms with E-state index in [-0.39, 0.29) is 24.0 Å². The third-order valence-corrected chi connectivity index (χ3v) is 3.57. The molecule has 0 amide bonds. The maximum Gasteiger partial charge on any atom is 0.190 e. The molecule has 0 unspecified atom stereocenters. The molecule has 0 radical (unpaired) electrons. The quantitative estimate of drug-likeness (QED) is 0.197. The number of rotatable bonds is 13. The predicted molar refractivity (Wildman–Crippen MR) is 118 cm³/mol. The molecule has 0 saturated carbocycles. The number of unbranched alkanes of at least 4 members (excludes halogenated alkanes) is 1. The van der Waals surface area contributed by atoms with Crippen molar-refractivity contribution in [3.63, 3.8) is 0 Å². The first-order valence-corrected chi connectivity index (χ1v) is 8.97. The van der Waals surface area contributed by atoms with Crippen LogP contribution in [0.2, 0.25) is 0 Å². The van der Waals surface area contributed by atoms with Gasteiger partial charge in [0.15, 0.2) is 5.96 Å². The SMILES string of the molecule is CN=C(NCCCCOc1ccc(C)cc1)NCCCOCCOC.I. The minimum atomic E-state index is 0. The van der Waals surface area contributed by atoms with Crippen molar-refractivity contribution in [2.45, 2.75) is 26.2 Å². The minimum Gasteiger partial charge on any atom is -0.494 e. The third-order valence-electron chi connectivity index (χ3n) is 3.57. The normalized spacial score (nSPS) is 11.0. The van der Waals surface area contributed by atoms with Crippen LogP contribution in [-0.2, 0) is 9.47 Å². The first kappa shape index (κ1) is 24.9. The van der Waals surface area contributed by atoms with Gasteiger partial charge in [0.2, 0.25) is 0 Å². The molecule has 0 bridgehead atoms. The van der Waals surface area contributed by atoms with E-state index in [1.807, 2.05) is 12.1 Å². The second-order valence-electron chi connectivity index (χ2n) is 5.75. The van der Waals surface area contributed by atoms with Gasteiger partial charge >= 0.3 is 0 Å².